The molecule has 1 amide bonds. The smallest absolute Gasteiger partial charge is 0.392 e. The summed E-state index contributed by atoms with van der Waals surface area (Å²) in [4.78, 5) is 14.0. The third-order valence-corrected chi connectivity index (χ3v) is 3.98. The zero-order valence-electron chi connectivity index (χ0n) is 14.2. The molecule has 136 valence electrons. The lowest BCUT2D eigenvalue weighted by Crippen LogP contribution is -2.43. The normalized spacial score (nSPS) is 14.5. The molecular formula is C17H25F3N2O2. The van der Waals surface area contributed by atoms with Crippen LogP contribution in [0, 0.1) is 0 Å². The fourth-order valence-electron chi connectivity index (χ4n) is 2.27. The van der Waals surface area contributed by atoms with Crippen LogP contribution in [0.15, 0.2) is 24.3 Å². The number of anilines is 1. The molecule has 0 aliphatic carbocycles. The Morgan fingerprint density at radius 2 is 1.88 bits per heavy atom. The Hall–Kier alpha value is -1.60. The van der Waals surface area contributed by atoms with Gasteiger partial charge in [0.25, 0.3) is 0 Å². The quantitative estimate of drug-likeness (QED) is 0.757. The monoisotopic (exact) mass is 346 g/mol. The lowest BCUT2D eigenvalue weighted by molar-refractivity contribution is -0.137. The number of halogens is 3. The standard InChI is InChI=1S/C17H25F3N2O2/c1-4-12(3)22(10-13(23)5-2)11-16(24)21-15-9-7-6-8-14(15)17(18,19)20/h6-9,12-13,23H,4-5,10-11H2,1-3H3,(H,21,24)/t12?,13-/m1/s1. The number of hydrogen-bond acceptors (Lipinski definition) is 3. The Morgan fingerprint density at radius 1 is 1.25 bits per heavy atom. The van der Waals surface area contributed by atoms with Gasteiger partial charge in [0.05, 0.1) is 23.9 Å². The largest absolute Gasteiger partial charge is 0.418 e. The Balaban J connectivity index is 2.83. The van der Waals surface area contributed by atoms with Crippen LogP contribution in [0.1, 0.15) is 39.2 Å². The summed E-state index contributed by atoms with van der Waals surface area (Å²) in [5, 5.41) is 12.1. The maximum Gasteiger partial charge on any atom is 0.418 e. The number of hydrogen-bond donors (Lipinski definition) is 2. The molecule has 7 heteroatoms. The Morgan fingerprint density at radius 3 is 2.42 bits per heavy atom. The first-order valence-corrected chi connectivity index (χ1v) is 8.07. The van der Waals surface area contributed by atoms with Gasteiger partial charge in [-0.05, 0) is 31.9 Å². The lowest BCUT2D eigenvalue weighted by atomic mass is 10.1. The highest BCUT2D eigenvalue weighted by Crippen LogP contribution is 2.34. The van der Waals surface area contributed by atoms with E-state index in [4.69, 9.17) is 0 Å². The van der Waals surface area contributed by atoms with E-state index >= 15 is 0 Å². The summed E-state index contributed by atoms with van der Waals surface area (Å²) in [6.07, 6.45) is -3.79. The van der Waals surface area contributed by atoms with Crippen LogP contribution in [0.3, 0.4) is 0 Å². The molecule has 1 rings (SSSR count). The molecule has 0 aliphatic rings. The number of rotatable bonds is 8. The first kappa shape index (κ1) is 20.4. The molecule has 2 N–H and O–H groups in total. The maximum absolute atomic E-state index is 13.0. The van der Waals surface area contributed by atoms with Gasteiger partial charge in [-0.25, -0.2) is 0 Å². The highest BCUT2D eigenvalue weighted by Gasteiger charge is 2.33. The van der Waals surface area contributed by atoms with Crippen LogP contribution in [0.25, 0.3) is 0 Å². The first-order valence-electron chi connectivity index (χ1n) is 8.07. The number of alkyl halides is 3. The molecule has 0 radical (unpaired) electrons. The Bertz CT molecular complexity index is 535. The molecular weight excluding hydrogens is 321 g/mol. The minimum absolute atomic E-state index is 0.0369. The van der Waals surface area contributed by atoms with Crippen LogP contribution in [-0.4, -0.2) is 41.1 Å². The second kappa shape index (κ2) is 9.03. The van der Waals surface area contributed by atoms with Gasteiger partial charge in [0, 0.05) is 12.6 Å². The summed E-state index contributed by atoms with van der Waals surface area (Å²) in [7, 11) is 0. The molecule has 0 spiro atoms. The SMILES string of the molecule is CCC(C)N(CC(=O)Nc1ccccc1C(F)(F)F)C[C@H](O)CC. The highest BCUT2D eigenvalue weighted by atomic mass is 19.4. The van der Waals surface area contributed by atoms with Gasteiger partial charge in [-0.2, -0.15) is 13.2 Å². The van der Waals surface area contributed by atoms with E-state index in [1.54, 1.807) is 4.90 Å². The van der Waals surface area contributed by atoms with E-state index in [1.165, 1.54) is 18.2 Å². The lowest BCUT2D eigenvalue weighted by Gasteiger charge is -2.29. The number of carbonyl (C=O) groups is 1. The third kappa shape index (κ3) is 6.13. The summed E-state index contributed by atoms with van der Waals surface area (Å²) >= 11 is 0. The molecule has 4 nitrogen and oxygen atoms in total. The van der Waals surface area contributed by atoms with E-state index in [1.807, 2.05) is 20.8 Å². The second-order valence-corrected chi connectivity index (χ2v) is 5.84. The molecule has 0 saturated heterocycles. The van der Waals surface area contributed by atoms with Crippen LogP contribution in [-0.2, 0) is 11.0 Å². The van der Waals surface area contributed by atoms with E-state index in [9.17, 15) is 23.1 Å². The number of amides is 1. The van der Waals surface area contributed by atoms with Crippen molar-refractivity contribution in [1.82, 2.24) is 4.90 Å². The van der Waals surface area contributed by atoms with Crippen LogP contribution >= 0.6 is 0 Å². The molecule has 1 unspecified atom stereocenters. The second-order valence-electron chi connectivity index (χ2n) is 5.84. The molecule has 1 aromatic carbocycles. The molecule has 0 aromatic heterocycles. The molecule has 0 heterocycles. The summed E-state index contributed by atoms with van der Waals surface area (Å²) in [5.41, 5.74) is -1.13. The number of nitrogens with zero attached hydrogens (tertiary/aromatic N) is 1. The number of benzene rings is 1. The van der Waals surface area contributed by atoms with Crippen molar-refractivity contribution in [1.29, 1.82) is 0 Å². The van der Waals surface area contributed by atoms with Gasteiger partial charge in [-0.15, -0.1) is 0 Å². The molecule has 1 aromatic rings. The van der Waals surface area contributed by atoms with Crippen molar-refractivity contribution in [2.24, 2.45) is 0 Å². The number of para-hydroxylation sites is 1. The van der Waals surface area contributed by atoms with Crippen LogP contribution in [0.4, 0.5) is 18.9 Å². The average Bonchev–Trinajstić information content (AvgIpc) is 2.52. The molecule has 0 saturated carbocycles. The van der Waals surface area contributed by atoms with E-state index in [0.29, 0.717) is 13.0 Å². The van der Waals surface area contributed by atoms with Crippen molar-refractivity contribution < 1.29 is 23.1 Å². The van der Waals surface area contributed by atoms with Gasteiger partial charge in [0.1, 0.15) is 0 Å². The summed E-state index contributed by atoms with van der Waals surface area (Å²) in [5.74, 6) is -0.532. The number of carbonyl (C=O) groups excluding carboxylic acids is 1. The van der Waals surface area contributed by atoms with Gasteiger partial charge >= 0.3 is 6.18 Å². The fourth-order valence-corrected chi connectivity index (χ4v) is 2.27. The van der Waals surface area contributed by atoms with Crippen molar-refractivity contribution >= 4 is 11.6 Å². The zero-order chi connectivity index (χ0) is 18.3. The summed E-state index contributed by atoms with van der Waals surface area (Å²) < 4.78 is 38.9. The van der Waals surface area contributed by atoms with Crippen molar-refractivity contribution in [3.05, 3.63) is 29.8 Å². The van der Waals surface area contributed by atoms with Gasteiger partial charge in [-0.1, -0.05) is 26.0 Å². The van der Waals surface area contributed by atoms with Crippen molar-refractivity contribution in [3.8, 4) is 0 Å². The minimum Gasteiger partial charge on any atom is -0.392 e. The van der Waals surface area contributed by atoms with Gasteiger partial charge in [-0.3, -0.25) is 9.69 Å². The van der Waals surface area contributed by atoms with Crippen molar-refractivity contribution in [2.75, 3.05) is 18.4 Å². The number of aliphatic hydroxyl groups is 1. The fraction of sp³-hybridized carbons (Fsp3) is 0.588. The topological polar surface area (TPSA) is 52.6 Å². The van der Waals surface area contributed by atoms with E-state index < -0.39 is 23.8 Å². The van der Waals surface area contributed by atoms with Gasteiger partial charge < -0.3 is 10.4 Å². The number of nitrogens with one attached hydrogen (secondary N) is 1. The van der Waals surface area contributed by atoms with Gasteiger partial charge in [0.2, 0.25) is 5.91 Å². The van der Waals surface area contributed by atoms with Crippen LogP contribution in [0.5, 0.6) is 0 Å². The highest BCUT2D eigenvalue weighted by molar-refractivity contribution is 5.93. The van der Waals surface area contributed by atoms with Crippen LogP contribution in [0.2, 0.25) is 0 Å². The average molecular weight is 346 g/mol. The van der Waals surface area contributed by atoms with Gasteiger partial charge in [0.15, 0.2) is 0 Å². The van der Waals surface area contributed by atoms with E-state index in [-0.39, 0.29) is 18.3 Å². The predicted molar refractivity (Wildman–Crippen MR) is 87.7 cm³/mol. The molecule has 24 heavy (non-hydrogen) atoms. The molecule has 0 bridgehead atoms. The van der Waals surface area contributed by atoms with Crippen molar-refractivity contribution in [3.63, 3.8) is 0 Å². The Kier molecular flexibility index (Phi) is 7.69. The molecule has 2 atom stereocenters. The first-order chi connectivity index (χ1) is 11.2. The summed E-state index contributed by atoms with van der Waals surface area (Å²) in [6.45, 7) is 5.93. The maximum atomic E-state index is 13.0. The molecule has 0 aliphatic heterocycles. The number of aliphatic hydroxyl groups excluding tert-OH is 1. The third-order valence-electron chi connectivity index (χ3n) is 3.98. The minimum atomic E-state index is -4.53. The van der Waals surface area contributed by atoms with Crippen LogP contribution < -0.4 is 5.32 Å². The summed E-state index contributed by atoms with van der Waals surface area (Å²) in [6, 6.07) is 4.92. The van der Waals surface area contributed by atoms with E-state index in [0.717, 1.165) is 12.5 Å². The van der Waals surface area contributed by atoms with Crippen molar-refractivity contribution in [2.45, 2.75) is 51.9 Å². The Labute approximate surface area is 140 Å². The van der Waals surface area contributed by atoms with E-state index in [2.05, 4.69) is 5.32 Å². The zero-order valence-corrected chi connectivity index (χ0v) is 14.2. The molecule has 0 fully saturated rings. The predicted octanol–water partition coefficient (Wildman–Crippen LogP) is 3.52.